The number of ether oxygens (including phenoxy) is 1. The van der Waals surface area contributed by atoms with Gasteiger partial charge in [-0.2, -0.15) is 0 Å². The van der Waals surface area contributed by atoms with Gasteiger partial charge in [-0.25, -0.2) is 8.78 Å². The van der Waals surface area contributed by atoms with E-state index in [0.717, 1.165) is 6.07 Å². The van der Waals surface area contributed by atoms with E-state index in [1.165, 1.54) is 24.3 Å². The van der Waals surface area contributed by atoms with Crippen molar-refractivity contribution in [3.63, 3.8) is 0 Å². The number of anilines is 1. The molecule has 2 N–H and O–H groups in total. The fourth-order valence-corrected chi connectivity index (χ4v) is 2.03. The van der Waals surface area contributed by atoms with Gasteiger partial charge < -0.3 is 10.5 Å². The molecule has 0 saturated carbocycles. The Bertz CT molecular complexity index is 607. The molecule has 0 aliphatic heterocycles. The van der Waals surface area contributed by atoms with Gasteiger partial charge in [0.05, 0.1) is 9.50 Å². The van der Waals surface area contributed by atoms with Crippen molar-refractivity contribution >= 4 is 33.2 Å². The van der Waals surface area contributed by atoms with E-state index in [-0.39, 0.29) is 22.2 Å². The smallest absolute Gasteiger partial charge is 0.153 e. The minimum atomic E-state index is -0.634. The summed E-state index contributed by atoms with van der Waals surface area (Å²) in [6.45, 7) is 0. The summed E-state index contributed by atoms with van der Waals surface area (Å²) < 4.78 is 32.3. The van der Waals surface area contributed by atoms with E-state index in [9.17, 15) is 8.78 Å². The zero-order valence-corrected chi connectivity index (χ0v) is 11.2. The highest BCUT2D eigenvalue weighted by Crippen LogP contribution is 2.36. The lowest BCUT2D eigenvalue weighted by Crippen LogP contribution is -1.96. The van der Waals surface area contributed by atoms with Crippen molar-refractivity contribution in [2.24, 2.45) is 0 Å². The Balaban J connectivity index is 2.40. The SMILES string of the molecule is Nc1c(F)cccc1Oc1cc(F)c(Cl)cc1Br. The fourth-order valence-electron chi connectivity index (χ4n) is 1.31. The fraction of sp³-hybridized carbons (Fsp3) is 0. The van der Waals surface area contributed by atoms with Crippen LogP contribution < -0.4 is 10.5 Å². The molecule has 2 aromatic rings. The van der Waals surface area contributed by atoms with E-state index in [1.54, 1.807) is 0 Å². The summed E-state index contributed by atoms with van der Waals surface area (Å²) >= 11 is 8.77. The molecule has 0 aliphatic rings. The summed E-state index contributed by atoms with van der Waals surface area (Å²) in [5, 5.41) is -0.0403. The number of benzene rings is 2. The number of nitrogens with two attached hydrogens (primary N) is 1. The molecule has 2 nitrogen and oxygen atoms in total. The third-order valence-corrected chi connectivity index (χ3v) is 3.12. The monoisotopic (exact) mass is 333 g/mol. The Morgan fingerprint density at radius 3 is 2.56 bits per heavy atom. The molecular formula is C12H7BrClF2NO. The van der Waals surface area contributed by atoms with Crippen molar-refractivity contribution < 1.29 is 13.5 Å². The third-order valence-electron chi connectivity index (χ3n) is 2.21. The summed E-state index contributed by atoms with van der Waals surface area (Å²) in [4.78, 5) is 0. The number of hydrogen-bond acceptors (Lipinski definition) is 2. The average Bonchev–Trinajstić information content (AvgIpc) is 2.32. The van der Waals surface area contributed by atoms with Crippen molar-refractivity contribution in [2.45, 2.75) is 0 Å². The third kappa shape index (κ3) is 2.57. The van der Waals surface area contributed by atoms with E-state index in [1.807, 2.05) is 0 Å². The summed E-state index contributed by atoms with van der Waals surface area (Å²) in [5.74, 6) is -0.963. The predicted molar refractivity (Wildman–Crippen MR) is 70.0 cm³/mol. The molecule has 0 saturated heterocycles. The maximum atomic E-state index is 13.3. The van der Waals surface area contributed by atoms with Gasteiger partial charge in [-0.05, 0) is 34.1 Å². The zero-order chi connectivity index (χ0) is 13.3. The molecular weight excluding hydrogens is 327 g/mol. The topological polar surface area (TPSA) is 35.2 Å². The Kier molecular flexibility index (Phi) is 3.73. The van der Waals surface area contributed by atoms with E-state index in [0.29, 0.717) is 4.47 Å². The quantitative estimate of drug-likeness (QED) is 0.635. The van der Waals surface area contributed by atoms with Crippen LogP contribution in [0.1, 0.15) is 0 Å². The van der Waals surface area contributed by atoms with Crippen molar-refractivity contribution in [3.8, 4) is 11.5 Å². The Morgan fingerprint density at radius 2 is 1.83 bits per heavy atom. The van der Waals surface area contributed by atoms with Gasteiger partial charge in [0, 0.05) is 6.07 Å². The van der Waals surface area contributed by atoms with Crippen molar-refractivity contribution in [2.75, 3.05) is 5.73 Å². The first kappa shape index (κ1) is 13.1. The van der Waals surface area contributed by atoms with Gasteiger partial charge in [0.1, 0.15) is 23.1 Å². The van der Waals surface area contributed by atoms with Crippen LogP contribution in [0, 0.1) is 11.6 Å². The first-order chi connectivity index (χ1) is 8.49. The van der Waals surface area contributed by atoms with Crippen LogP contribution in [0.4, 0.5) is 14.5 Å². The molecule has 0 unspecified atom stereocenters. The number of para-hydroxylation sites is 1. The number of halogens is 4. The van der Waals surface area contributed by atoms with Gasteiger partial charge in [-0.1, -0.05) is 17.7 Å². The van der Waals surface area contributed by atoms with Crippen LogP contribution in [0.3, 0.4) is 0 Å². The molecule has 0 amide bonds. The minimum Gasteiger partial charge on any atom is -0.454 e. The van der Waals surface area contributed by atoms with Gasteiger partial charge in [-0.15, -0.1) is 0 Å². The van der Waals surface area contributed by atoms with Crippen LogP contribution >= 0.6 is 27.5 Å². The highest BCUT2D eigenvalue weighted by molar-refractivity contribution is 9.10. The first-order valence-corrected chi connectivity index (χ1v) is 6.02. The number of hydrogen-bond donors (Lipinski definition) is 1. The summed E-state index contributed by atoms with van der Waals surface area (Å²) in [5.41, 5.74) is 5.37. The van der Waals surface area contributed by atoms with Crippen LogP contribution in [0.25, 0.3) is 0 Å². The van der Waals surface area contributed by atoms with Crippen LogP contribution in [0.5, 0.6) is 11.5 Å². The molecule has 0 radical (unpaired) electrons. The van der Waals surface area contributed by atoms with Gasteiger partial charge in [-0.3, -0.25) is 0 Å². The molecule has 0 aromatic heterocycles. The molecule has 6 heteroatoms. The molecule has 0 atom stereocenters. The normalized spacial score (nSPS) is 10.4. The second kappa shape index (κ2) is 5.12. The van der Waals surface area contributed by atoms with Crippen LogP contribution in [0.15, 0.2) is 34.8 Å². The maximum Gasteiger partial charge on any atom is 0.153 e. The first-order valence-electron chi connectivity index (χ1n) is 4.85. The second-order valence-corrected chi connectivity index (χ2v) is 4.71. The van der Waals surface area contributed by atoms with E-state index < -0.39 is 11.6 Å². The lowest BCUT2D eigenvalue weighted by Gasteiger charge is -2.11. The average molecular weight is 335 g/mol. The van der Waals surface area contributed by atoms with Crippen LogP contribution in [-0.2, 0) is 0 Å². The van der Waals surface area contributed by atoms with Crippen molar-refractivity contribution in [1.29, 1.82) is 0 Å². The molecule has 0 fully saturated rings. The van der Waals surface area contributed by atoms with Crippen LogP contribution in [0.2, 0.25) is 5.02 Å². The van der Waals surface area contributed by atoms with Gasteiger partial charge >= 0.3 is 0 Å². The lowest BCUT2D eigenvalue weighted by atomic mass is 10.3. The molecule has 0 aliphatic carbocycles. The molecule has 94 valence electrons. The minimum absolute atomic E-state index is 0.0403. The number of rotatable bonds is 2. The zero-order valence-electron chi connectivity index (χ0n) is 8.88. The number of nitrogen functional groups attached to an aromatic ring is 1. The summed E-state index contributed by atoms with van der Waals surface area (Å²) in [6, 6.07) is 6.58. The largest absolute Gasteiger partial charge is 0.454 e. The highest BCUT2D eigenvalue weighted by Gasteiger charge is 2.11. The highest BCUT2D eigenvalue weighted by atomic mass is 79.9. The van der Waals surface area contributed by atoms with Gasteiger partial charge in [0.25, 0.3) is 0 Å². The Morgan fingerprint density at radius 1 is 1.11 bits per heavy atom. The van der Waals surface area contributed by atoms with E-state index in [2.05, 4.69) is 15.9 Å². The second-order valence-electron chi connectivity index (χ2n) is 3.45. The molecule has 0 heterocycles. The molecule has 2 aromatic carbocycles. The van der Waals surface area contributed by atoms with E-state index in [4.69, 9.17) is 22.1 Å². The Hall–Kier alpha value is -1.33. The van der Waals surface area contributed by atoms with Gasteiger partial charge in [0.15, 0.2) is 5.75 Å². The Labute approximate surface area is 115 Å². The molecule has 0 bridgehead atoms. The standard InChI is InChI=1S/C12H7BrClF2NO/c13-6-4-7(14)9(16)5-11(6)18-10-3-1-2-8(15)12(10)17/h1-5H,17H2. The summed E-state index contributed by atoms with van der Waals surface area (Å²) in [6.07, 6.45) is 0. The summed E-state index contributed by atoms with van der Waals surface area (Å²) in [7, 11) is 0. The lowest BCUT2D eigenvalue weighted by molar-refractivity contribution is 0.471. The predicted octanol–water partition coefficient (Wildman–Crippen LogP) is 4.76. The van der Waals surface area contributed by atoms with E-state index >= 15 is 0 Å². The molecule has 2 rings (SSSR count). The molecule has 0 spiro atoms. The maximum absolute atomic E-state index is 13.3. The molecule has 18 heavy (non-hydrogen) atoms. The van der Waals surface area contributed by atoms with Gasteiger partial charge in [0.2, 0.25) is 0 Å². The van der Waals surface area contributed by atoms with Crippen molar-refractivity contribution in [3.05, 3.63) is 51.5 Å². The van der Waals surface area contributed by atoms with Crippen LogP contribution in [-0.4, -0.2) is 0 Å². The van der Waals surface area contributed by atoms with Crippen molar-refractivity contribution in [1.82, 2.24) is 0 Å².